The van der Waals surface area contributed by atoms with Crippen molar-refractivity contribution in [2.45, 2.75) is 38.6 Å². The van der Waals surface area contributed by atoms with Crippen LogP contribution in [0.5, 0.6) is 5.75 Å². The molecule has 2 aliphatic rings. The molecule has 2 N–H and O–H groups in total. The largest absolute Gasteiger partial charge is 0.489 e. The number of nitrogens with zero attached hydrogens (tertiary/aromatic N) is 5. The average Bonchev–Trinajstić information content (AvgIpc) is 3.51. The first-order chi connectivity index (χ1) is 16.5. The predicted octanol–water partition coefficient (Wildman–Crippen LogP) is 4.64. The molecule has 1 atom stereocenters. The van der Waals surface area contributed by atoms with E-state index in [0.29, 0.717) is 27.4 Å². The summed E-state index contributed by atoms with van der Waals surface area (Å²) in [4.78, 5) is 17.4. The first-order valence-corrected chi connectivity index (χ1v) is 12.2. The highest BCUT2D eigenvalue weighted by atomic mass is 35.5. The van der Waals surface area contributed by atoms with Gasteiger partial charge in [0.1, 0.15) is 18.1 Å². The standard InChI is InChI=1S/C24H25Cl2N7O/c1-32-6-2-3-14(10-32)33-11-21-22(12-33)29-24(28-21)23-16-7-15(4-5-20(16)30-31-23)34-13-17-18(25)8-27-9-19(17)26/h4-5,7-9,14H,2-3,6,10-13H2,1H3,(H,28,29)(H,30,31). The van der Waals surface area contributed by atoms with Crippen LogP contribution >= 0.6 is 23.2 Å². The third-order valence-electron chi connectivity index (χ3n) is 6.79. The Morgan fingerprint density at radius 2 is 2.03 bits per heavy atom. The van der Waals surface area contributed by atoms with Gasteiger partial charge in [0.05, 0.1) is 26.9 Å². The van der Waals surface area contributed by atoms with Crippen LogP contribution in [0.1, 0.15) is 29.8 Å². The molecule has 176 valence electrons. The van der Waals surface area contributed by atoms with E-state index in [1.165, 1.54) is 25.1 Å². The van der Waals surface area contributed by atoms with Crippen LogP contribution in [0.2, 0.25) is 10.0 Å². The van der Waals surface area contributed by atoms with Gasteiger partial charge in [-0.1, -0.05) is 23.2 Å². The number of halogens is 2. The fraction of sp³-hybridized carbons (Fsp3) is 0.375. The molecule has 6 rings (SSSR count). The number of imidazole rings is 1. The maximum Gasteiger partial charge on any atom is 0.159 e. The van der Waals surface area contributed by atoms with E-state index < -0.39 is 0 Å². The van der Waals surface area contributed by atoms with Gasteiger partial charge in [0, 0.05) is 49.0 Å². The Kier molecular flexibility index (Phi) is 5.69. The summed E-state index contributed by atoms with van der Waals surface area (Å²) in [5.74, 6) is 1.49. The van der Waals surface area contributed by atoms with Crippen LogP contribution in [0.25, 0.3) is 22.4 Å². The van der Waals surface area contributed by atoms with Crippen molar-refractivity contribution in [3.8, 4) is 17.3 Å². The van der Waals surface area contributed by atoms with Crippen molar-refractivity contribution in [2.24, 2.45) is 0 Å². The van der Waals surface area contributed by atoms with Crippen LogP contribution in [0.4, 0.5) is 0 Å². The maximum absolute atomic E-state index is 6.22. The smallest absolute Gasteiger partial charge is 0.159 e. The molecule has 2 aliphatic heterocycles. The van der Waals surface area contributed by atoms with Crippen molar-refractivity contribution in [1.82, 2.24) is 34.9 Å². The number of likely N-dealkylation sites (tertiary alicyclic amines) is 1. The Bertz CT molecular complexity index is 1310. The van der Waals surface area contributed by atoms with Crippen LogP contribution in [0, 0.1) is 0 Å². The molecule has 5 heterocycles. The average molecular weight is 498 g/mol. The normalized spacial score (nSPS) is 19.1. The summed E-state index contributed by atoms with van der Waals surface area (Å²) in [6.07, 6.45) is 5.64. The Labute approximate surface area is 207 Å². The zero-order valence-corrected chi connectivity index (χ0v) is 20.3. The summed E-state index contributed by atoms with van der Waals surface area (Å²) in [6, 6.07) is 6.41. The van der Waals surface area contributed by atoms with E-state index in [1.54, 1.807) is 12.4 Å². The highest BCUT2D eigenvalue weighted by molar-refractivity contribution is 6.35. The zero-order valence-electron chi connectivity index (χ0n) is 18.8. The number of hydrogen-bond acceptors (Lipinski definition) is 6. The number of likely N-dealkylation sites (N-methyl/N-ethyl adjacent to an activating group) is 1. The summed E-state index contributed by atoms with van der Waals surface area (Å²) < 4.78 is 5.99. The number of aromatic nitrogens is 5. The second-order valence-corrected chi connectivity index (χ2v) is 9.94. The van der Waals surface area contributed by atoms with Crippen molar-refractivity contribution in [1.29, 1.82) is 0 Å². The molecule has 0 saturated carbocycles. The second kappa shape index (κ2) is 8.85. The van der Waals surface area contributed by atoms with E-state index in [-0.39, 0.29) is 6.61 Å². The van der Waals surface area contributed by atoms with Crippen LogP contribution in [-0.4, -0.2) is 61.1 Å². The molecule has 0 spiro atoms. The number of benzene rings is 1. The van der Waals surface area contributed by atoms with Crippen molar-refractivity contribution in [2.75, 3.05) is 20.1 Å². The fourth-order valence-electron chi connectivity index (χ4n) is 4.96. The van der Waals surface area contributed by atoms with Crippen molar-refractivity contribution < 1.29 is 4.74 Å². The number of nitrogens with one attached hydrogen (secondary N) is 2. The van der Waals surface area contributed by atoms with Gasteiger partial charge in [0.25, 0.3) is 0 Å². The number of hydrogen-bond donors (Lipinski definition) is 2. The van der Waals surface area contributed by atoms with E-state index >= 15 is 0 Å². The molecule has 1 saturated heterocycles. The summed E-state index contributed by atoms with van der Waals surface area (Å²) >= 11 is 12.4. The minimum Gasteiger partial charge on any atom is -0.489 e. The highest BCUT2D eigenvalue weighted by Crippen LogP contribution is 2.33. The lowest BCUT2D eigenvalue weighted by Crippen LogP contribution is -2.44. The monoisotopic (exact) mass is 497 g/mol. The Hall–Kier alpha value is -2.65. The molecule has 3 aromatic heterocycles. The minimum atomic E-state index is 0.250. The Morgan fingerprint density at radius 3 is 2.82 bits per heavy atom. The van der Waals surface area contributed by atoms with Gasteiger partial charge in [-0.15, -0.1) is 0 Å². The molecule has 0 bridgehead atoms. The summed E-state index contributed by atoms with van der Waals surface area (Å²) in [7, 11) is 2.21. The van der Waals surface area contributed by atoms with Gasteiger partial charge in [0.15, 0.2) is 5.82 Å². The first-order valence-electron chi connectivity index (χ1n) is 11.4. The van der Waals surface area contributed by atoms with Gasteiger partial charge in [-0.2, -0.15) is 5.10 Å². The number of piperidine rings is 1. The van der Waals surface area contributed by atoms with E-state index in [2.05, 4.69) is 37.0 Å². The van der Waals surface area contributed by atoms with E-state index in [1.807, 2.05) is 18.2 Å². The van der Waals surface area contributed by atoms with E-state index in [0.717, 1.165) is 47.7 Å². The van der Waals surface area contributed by atoms with Crippen LogP contribution in [0.3, 0.4) is 0 Å². The fourth-order valence-corrected chi connectivity index (χ4v) is 5.43. The van der Waals surface area contributed by atoms with Crippen molar-refractivity contribution in [3.05, 3.63) is 57.6 Å². The molecular weight excluding hydrogens is 473 g/mol. The van der Waals surface area contributed by atoms with E-state index in [4.69, 9.17) is 32.9 Å². The van der Waals surface area contributed by atoms with E-state index in [9.17, 15) is 0 Å². The van der Waals surface area contributed by atoms with Gasteiger partial charge < -0.3 is 14.6 Å². The number of aromatic amines is 2. The molecule has 0 aliphatic carbocycles. The molecule has 10 heteroatoms. The number of H-pyrrole nitrogens is 2. The molecule has 4 aromatic rings. The topological polar surface area (TPSA) is 86.0 Å². The van der Waals surface area contributed by atoms with Gasteiger partial charge in [-0.3, -0.25) is 15.0 Å². The Balaban J connectivity index is 1.21. The third kappa shape index (κ3) is 4.05. The van der Waals surface area contributed by atoms with Gasteiger partial charge in [-0.05, 0) is 44.6 Å². The lowest BCUT2D eigenvalue weighted by molar-refractivity contribution is 0.109. The maximum atomic E-state index is 6.22. The second-order valence-electron chi connectivity index (χ2n) is 9.12. The van der Waals surface area contributed by atoms with Gasteiger partial charge in [0.2, 0.25) is 0 Å². The third-order valence-corrected chi connectivity index (χ3v) is 7.44. The van der Waals surface area contributed by atoms with Gasteiger partial charge in [-0.25, -0.2) is 4.98 Å². The SMILES string of the molecule is CN1CCCC(N2Cc3nc(-c4n[nH]c5ccc(OCc6c(Cl)cncc6Cl)cc45)[nH]c3C2)C1. The molecule has 1 aromatic carbocycles. The highest BCUT2D eigenvalue weighted by Gasteiger charge is 2.31. The lowest BCUT2D eigenvalue weighted by Gasteiger charge is -2.35. The number of ether oxygens (including phenoxy) is 1. The molecule has 8 nitrogen and oxygen atoms in total. The predicted molar refractivity (Wildman–Crippen MR) is 132 cm³/mol. The minimum absolute atomic E-state index is 0.250. The van der Waals surface area contributed by atoms with Crippen molar-refractivity contribution in [3.63, 3.8) is 0 Å². The molecule has 0 amide bonds. The number of fused-ring (bicyclic) bond motifs is 2. The summed E-state index contributed by atoms with van der Waals surface area (Å²) in [5, 5.41) is 9.56. The number of rotatable bonds is 5. The zero-order chi connectivity index (χ0) is 23.2. The van der Waals surface area contributed by atoms with Crippen LogP contribution in [0.15, 0.2) is 30.6 Å². The van der Waals surface area contributed by atoms with Crippen LogP contribution in [-0.2, 0) is 19.7 Å². The molecular formula is C24H25Cl2N7O. The molecule has 34 heavy (non-hydrogen) atoms. The van der Waals surface area contributed by atoms with Crippen molar-refractivity contribution >= 4 is 34.1 Å². The summed E-state index contributed by atoms with van der Waals surface area (Å²) in [5.41, 5.74) is 4.73. The summed E-state index contributed by atoms with van der Waals surface area (Å²) in [6.45, 7) is 4.36. The Morgan fingerprint density at radius 1 is 1.18 bits per heavy atom. The molecule has 1 fully saturated rings. The van der Waals surface area contributed by atoms with Gasteiger partial charge >= 0.3 is 0 Å². The quantitative estimate of drug-likeness (QED) is 0.417. The molecule has 1 unspecified atom stereocenters. The molecule has 0 radical (unpaired) electrons. The van der Waals surface area contributed by atoms with Crippen LogP contribution < -0.4 is 4.74 Å². The number of pyridine rings is 1. The first kappa shape index (κ1) is 21.9. The lowest BCUT2D eigenvalue weighted by atomic mass is 10.1.